The van der Waals surface area contributed by atoms with Gasteiger partial charge in [-0.15, -0.1) is 0 Å². The van der Waals surface area contributed by atoms with E-state index in [-0.39, 0.29) is 0 Å². The molecule has 0 aliphatic carbocycles. The Hall–Kier alpha value is -1.10. The Morgan fingerprint density at radius 3 is 2.88 bits per heavy atom. The van der Waals surface area contributed by atoms with Crippen molar-refractivity contribution in [3.63, 3.8) is 0 Å². The van der Waals surface area contributed by atoms with Crippen LogP contribution in [0.15, 0.2) is 50.0 Å². The molecule has 1 N–H and O–H groups in total. The lowest BCUT2D eigenvalue weighted by Gasteiger charge is -2.03. The van der Waals surface area contributed by atoms with Crippen molar-refractivity contribution in [2.75, 3.05) is 0 Å². The van der Waals surface area contributed by atoms with Crippen molar-refractivity contribution in [3.05, 3.63) is 56.9 Å². The van der Waals surface area contributed by atoms with Gasteiger partial charge in [-0.05, 0) is 50.5 Å². The van der Waals surface area contributed by atoms with Crippen LogP contribution in [0.25, 0.3) is 11.0 Å². The zero-order chi connectivity index (χ0) is 11.8. The predicted octanol–water partition coefficient (Wildman–Crippen LogP) is 4.34. The fraction of sp³-hybridized carbons (Fsp3) is 0.0769. The molecule has 0 aliphatic rings. The number of hydrogen-bond donors (Lipinski definition) is 1. The van der Waals surface area contributed by atoms with Crippen molar-refractivity contribution < 1.29 is 9.52 Å². The standard InChI is InChI=1S/C13H9BrO2S/c14-10-3-1-2-8-6-11(16-13(8)10)12(15)9-4-5-17-7-9/h1-7,12,15H. The van der Waals surface area contributed by atoms with E-state index in [1.54, 1.807) is 11.3 Å². The molecule has 4 heteroatoms. The van der Waals surface area contributed by atoms with E-state index >= 15 is 0 Å². The molecule has 2 heterocycles. The molecule has 3 aromatic rings. The van der Waals surface area contributed by atoms with Gasteiger partial charge >= 0.3 is 0 Å². The molecule has 1 atom stereocenters. The number of benzene rings is 1. The van der Waals surface area contributed by atoms with Gasteiger partial charge in [-0.1, -0.05) is 12.1 Å². The second-order valence-corrected chi connectivity index (χ2v) is 5.40. The van der Waals surface area contributed by atoms with Crippen LogP contribution in [0.4, 0.5) is 0 Å². The predicted molar refractivity (Wildman–Crippen MR) is 72.3 cm³/mol. The number of fused-ring (bicyclic) bond motifs is 1. The third-order valence-electron chi connectivity index (χ3n) is 2.64. The number of thiophene rings is 1. The van der Waals surface area contributed by atoms with Crippen LogP contribution in [-0.4, -0.2) is 5.11 Å². The molecule has 17 heavy (non-hydrogen) atoms. The monoisotopic (exact) mass is 308 g/mol. The molecule has 2 aromatic heterocycles. The lowest BCUT2D eigenvalue weighted by atomic mass is 10.1. The van der Waals surface area contributed by atoms with Crippen LogP contribution in [0, 0.1) is 0 Å². The van der Waals surface area contributed by atoms with Gasteiger partial charge in [0.15, 0.2) is 0 Å². The molecule has 0 saturated heterocycles. The average Bonchev–Trinajstić information content (AvgIpc) is 2.98. The summed E-state index contributed by atoms with van der Waals surface area (Å²) in [5, 5.41) is 15.0. The van der Waals surface area contributed by atoms with Crippen LogP contribution < -0.4 is 0 Å². The van der Waals surface area contributed by atoms with Gasteiger partial charge in [0.05, 0.1) is 4.47 Å². The molecule has 1 unspecified atom stereocenters. The maximum Gasteiger partial charge on any atom is 0.148 e. The van der Waals surface area contributed by atoms with Gasteiger partial charge in [-0.3, -0.25) is 0 Å². The third kappa shape index (κ3) is 1.92. The summed E-state index contributed by atoms with van der Waals surface area (Å²) in [6, 6.07) is 9.61. The average molecular weight is 309 g/mol. The number of aliphatic hydroxyl groups is 1. The van der Waals surface area contributed by atoms with E-state index in [4.69, 9.17) is 4.42 Å². The SMILES string of the molecule is OC(c1ccsc1)c1cc2cccc(Br)c2o1. The summed E-state index contributed by atoms with van der Waals surface area (Å²) in [5.41, 5.74) is 1.64. The van der Waals surface area contributed by atoms with Gasteiger partial charge in [0.1, 0.15) is 17.4 Å². The fourth-order valence-corrected chi connectivity index (χ4v) is 2.92. The number of halogens is 1. The first-order valence-corrected chi connectivity index (χ1v) is 6.87. The van der Waals surface area contributed by atoms with Gasteiger partial charge in [-0.2, -0.15) is 11.3 Å². The summed E-state index contributed by atoms with van der Waals surface area (Å²) in [4.78, 5) is 0. The van der Waals surface area contributed by atoms with Gasteiger partial charge in [-0.25, -0.2) is 0 Å². The second-order valence-electron chi connectivity index (χ2n) is 3.77. The van der Waals surface area contributed by atoms with E-state index in [1.807, 2.05) is 41.1 Å². The molecule has 0 spiro atoms. The molecule has 0 aliphatic heterocycles. The summed E-state index contributed by atoms with van der Waals surface area (Å²) >= 11 is 5.00. The van der Waals surface area contributed by atoms with Gasteiger partial charge in [0.25, 0.3) is 0 Å². The van der Waals surface area contributed by atoms with E-state index in [1.165, 1.54) is 0 Å². The number of para-hydroxylation sites is 1. The first kappa shape index (κ1) is 11.0. The first-order chi connectivity index (χ1) is 8.25. The van der Waals surface area contributed by atoms with Crippen LogP contribution in [0.2, 0.25) is 0 Å². The zero-order valence-corrected chi connectivity index (χ0v) is 11.2. The van der Waals surface area contributed by atoms with E-state index in [0.717, 1.165) is 21.0 Å². The molecule has 1 aromatic carbocycles. The Labute approximate surface area is 111 Å². The van der Waals surface area contributed by atoms with Crippen molar-refractivity contribution in [3.8, 4) is 0 Å². The van der Waals surface area contributed by atoms with Crippen LogP contribution in [-0.2, 0) is 0 Å². The zero-order valence-electron chi connectivity index (χ0n) is 8.76. The molecule has 0 saturated carbocycles. The second kappa shape index (κ2) is 4.29. The third-order valence-corrected chi connectivity index (χ3v) is 3.97. The van der Waals surface area contributed by atoms with Crippen LogP contribution in [0.5, 0.6) is 0 Å². The molecule has 2 nitrogen and oxygen atoms in total. The molecule has 86 valence electrons. The van der Waals surface area contributed by atoms with Gasteiger partial charge in [0, 0.05) is 5.39 Å². The van der Waals surface area contributed by atoms with Crippen LogP contribution in [0.3, 0.4) is 0 Å². The number of hydrogen-bond acceptors (Lipinski definition) is 3. The largest absolute Gasteiger partial charge is 0.457 e. The van der Waals surface area contributed by atoms with Crippen LogP contribution in [0.1, 0.15) is 17.4 Å². The normalized spacial score (nSPS) is 13.1. The molecule has 0 amide bonds. The number of rotatable bonds is 2. The van der Waals surface area contributed by atoms with E-state index in [0.29, 0.717) is 5.76 Å². The lowest BCUT2D eigenvalue weighted by molar-refractivity contribution is 0.192. The Balaban J connectivity index is 2.10. The Kier molecular flexibility index (Phi) is 2.78. The molecular formula is C13H9BrO2S. The summed E-state index contributed by atoms with van der Waals surface area (Å²) in [6.45, 7) is 0. The maximum atomic E-state index is 10.2. The highest BCUT2D eigenvalue weighted by atomic mass is 79.9. The molecule has 0 bridgehead atoms. The molecular weight excluding hydrogens is 300 g/mol. The topological polar surface area (TPSA) is 33.4 Å². The molecule has 0 radical (unpaired) electrons. The van der Waals surface area contributed by atoms with Crippen molar-refractivity contribution in [2.45, 2.75) is 6.10 Å². The van der Waals surface area contributed by atoms with Gasteiger partial charge in [0.2, 0.25) is 0 Å². The highest BCUT2D eigenvalue weighted by molar-refractivity contribution is 9.10. The minimum atomic E-state index is -0.694. The van der Waals surface area contributed by atoms with Crippen molar-refractivity contribution in [1.29, 1.82) is 0 Å². The molecule has 3 rings (SSSR count). The lowest BCUT2D eigenvalue weighted by Crippen LogP contribution is -1.94. The first-order valence-electron chi connectivity index (χ1n) is 5.14. The summed E-state index contributed by atoms with van der Waals surface area (Å²) < 4.78 is 6.59. The Bertz CT molecular complexity index is 643. The minimum absolute atomic E-state index is 0.574. The fourth-order valence-electron chi connectivity index (χ4n) is 1.78. The van der Waals surface area contributed by atoms with Crippen molar-refractivity contribution >= 4 is 38.2 Å². The Morgan fingerprint density at radius 1 is 1.29 bits per heavy atom. The van der Waals surface area contributed by atoms with E-state index < -0.39 is 6.10 Å². The summed E-state index contributed by atoms with van der Waals surface area (Å²) in [6.07, 6.45) is -0.694. The summed E-state index contributed by atoms with van der Waals surface area (Å²) in [7, 11) is 0. The van der Waals surface area contributed by atoms with E-state index in [9.17, 15) is 5.11 Å². The number of furan rings is 1. The van der Waals surface area contributed by atoms with Gasteiger partial charge < -0.3 is 9.52 Å². The van der Waals surface area contributed by atoms with Crippen molar-refractivity contribution in [1.82, 2.24) is 0 Å². The minimum Gasteiger partial charge on any atom is -0.457 e. The maximum absolute atomic E-state index is 10.2. The number of aliphatic hydroxyl groups excluding tert-OH is 1. The highest BCUT2D eigenvalue weighted by Crippen LogP contribution is 2.32. The smallest absolute Gasteiger partial charge is 0.148 e. The quantitative estimate of drug-likeness (QED) is 0.764. The van der Waals surface area contributed by atoms with E-state index in [2.05, 4.69) is 15.9 Å². The Morgan fingerprint density at radius 2 is 2.18 bits per heavy atom. The highest BCUT2D eigenvalue weighted by Gasteiger charge is 2.16. The van der Waals surface area contributed by atoms with Crippen molar-refractivity contribution in [2.24, 2.45) is 0 Å². The summed E-state index contributed by atoms with van der Waals surface area (Å²) in [5.74, 6) is 0.574. The molecule has 0 fully saturated rings. The van der Waals surface area contributed by atoms with Crippen LogP contribution >= 0.6 is 27.3 Å².